The first-order chi connectivity index (χ1) is 12.6. The molecule has 132 valence electrons. The molecule has 1 atom stereocenters. The zero-order chi connectivity index (χ0) is 18.3. The highest BCUT2D eigenvalue weighted by atomic mass is 35.5. The molecule has 2 aliphatic rings. The molecule has 3 N–H and O–H groups in total. The van der Waals surface area contributed by atoms with Crippen molar-refractivity contribution in [3.05, 3.63) is 51.8 Å². The van der Waals surface area contributed by atoms with Gasteiger partial charge in [0.2, 0.25) is 0 Å². The van der Waals surface area contributed by atoms with Crippen molar-refractivity contribution >= 4 is 23.0 Å². The Kier molecular flexibility index (Phi) is 4.29. The minimum Gasteiger partial charge on any atom is -0.484 e. The van der Waals surface area contributed by atoms with Crippen LogP contribution in [0.4, 0.5) is 5.69 Å². The molecular formula is C20H19ClN4O. The Bertz CT molecular complexity index is 930. The van der Waals surface area contributed by atoms with Crippen LogP contribution >= 0.6 is 11.6 Å². The molecule has 0 radical (unpaired) electrons. The number of ether oxygens (including phenoxy) is 1. The van der Waals surface area contributed by atoms with Gasteiger partial charge in [-0.25, -0.2) is 4.98 Å². The van der Waals surface area contributed by atoms with Gasteiger partial charge in [-0.3, -0.25) is 0 Å². The maximum absolute atomic E-state index is 9.14. The molecule has 4 rings (SSSR count). The predicted molar refractivity (Wildman–Crippen MR) is 101 cm³/mol. The number of hydrogen-bond donors (Lipinski definition) is 2. The molecule has 1 aromatic heterocycles. The third-order valence-corrected chi connectivity index (χ3v) is 5.29. The van der Waals surface area contributed by atoms with Crippen LogP contribution in [0.5, 0.6) is 5.75 Å². The van der Waals surface area contributed by atoms with Gasteiger partial charge in [0.15, 0.2) is 0 Å². The van der Waals surface area contributed by atoms with Crippen LogP contribution in [0.25, 0.3) is 0 Å². The summed E-state index contributed by atoms with van der Waals surface area (Å²) in [5.41, 5.74) is 10.2. The van der Waals surface area contributed by atoms with E-state index in [-0.39, 0.29) is 11.3 Å². The number of nitrogens with one attached hydrogen (secondary N) is 1. The van der Waals surface area contributed by atoms with Crippen molar-refractivity contribution in [2.45, 2.75) is 38.2 Å². The second-order valence-electron chi connectivity index (χ2n) is 6.92. The lowest BCUT2D eigenvalue weighted by molar-refractivity contribution is 0.178. The van der Waals surface area contributed by atoms with Crippen LogP contribution in [0.3, 0.4) is 0 Å². The van der Waals surface area contributed by atoms with Gasteiger partial charge in [-0.15, -0.1) is 0 Å². The van der Waals surface area contributed by atoms with Gasteiger partial charge in [0.25, 0.3) is 0 Å². The number of nitriles is 1. The van der Waals surface area contributed by atoms with Crippen molar-refractivity contribution in [2.24, 2.45) is 5.92 Å². The van der Waals surface area contributed by atoms with Gasteiger partial charge in [-0.1, -0.05) is 11.6 Å². The van der Waals surface area contributed by atoms with E-state index in [1.807, 2.05) is 18.2 Å². The molecule has 1 saturated carbocycles. The molecule has 0 spiro atoms. The smallest absolute Gasteiger partial charge is 0.147 e. The molecule has 6 heteroatoms. The first-order valence-electron chi connectivity index (χ1n) is 8.81. The third-order valence-electron chi connectivity index (χ3n) is 5.01. The zero-order valence-electron chi connectivity index (χ0n) is 14.3. The van der Waals surface area contributed by atoms with Gasteiger partial charge in [0.1, 0.15) is 23.1 Å². The van der Waals surface area contributed by atoms with E-state index in [4.69, 9.17) is 32.7 Å². The highest BCUT2D eigenvalue weighted by molar-refractivity contribution is 6.30. The SMILES string of the molecule is N#Cc1cc2c(nc1Cl)C(Oc1ccc(N)c(C(=N)C3CC3)c1)CCC2. The molecule has 5 nitrogen and oxygen atoms in total. The lowest BCUT2D eigenvalue weighted by Crippen LogP contribution is -2.18. The minimum absolute atomic E-state index is 0.212. The van der Waals surface area contributed by atoms with E-state index >= 15 is 0 Å². The van der Waals surface area contributed by atoms with E-state index in [0.29, 0.717) is 28.6 Å². The number of nitrogens with two attached hydrogens (primary N) is 1. The van der Waals surface area contributed by atoms with Crippen molar-refractivity contribution in [1.29, 1.82) is 10.7 Å². The van der Waals surface area contributed by atoms with Crippen molar-refractivity contribution < 1.29 is 4.74 Å². The molecule has 1 heterocycles. The Morgan fingerprint density at radius 3 is 2.85 bits per heavy atom. The average Bonchev–Trinajstić information content (AvgIpc) is 3.48. The van der Waals surface area contributed by atoms with Crippen molar-refractivity contribution in [3.8, 4) is 11.8 Å². The van der Waals surface area contributed by atoms with Crippen LogP contribution in [0.15, 0.2) is 24.3 Å². The number of pyridine rings is 1. The summed E-state index contributed by atoms with van der Waals surface area (Å²) < 4.78 is 6.20. The fourth-order valence-corrected chi connectivity index (χ4v) is 3.62. The molecule has 26 heavy (non-hydrogen) atoms. The fraction of sp³-hybridized carbons (Fsp3) is 0.350. The fourth-order valence-electron chi connectivity index (χ4n) is 3.43. The molecule has 0 bridgehead atoms. The molecule has 2 aliphatic carbocycles. The number of aryl methyl sites for hydroxylation is 1. The third kappa shape index (κ3) is 3.13. The van der Waals surface area contributed by atoms with Gasteiger partial charge in [-0.2, -0.15) is 5.26 Å². The summed E-state index contributed by atoms with van der Waals surface area (Å²) in [6.07, 6.45) is 4.57. The number of aromatic nitrogens is 1. The van der Waals surface area contributed by atoms with Gasteiger partial charge in [0.05, 0.1) is 11.3 Å². The monoisotopic (exact) mass is 366 g/mol. The summed E-state index contributed by atoms with van der Waals surface area (Å²) in [6, 6.07) is 9.38. The molecule has 1 fully saturated rings. The van der Waals surface area contributed by atoms with Crippen LogP contribution in [-0.4, -0.2) is 10.7 Å². The van der Waals surface area contributed by atoms with Crippen molar-refractivity contribution in [2.75, 3.05) is 5.73 Å². The second kappa shape index (κ2) is 6.62. The Morgan fingerprint density at radius 2 is 2.12 bits per heavy atom. The number of halogens is 1. The molecule has 0 aliphatic heterocycles. The average molecular weight is 367 g/mol. The van der Waals surface area contributed by atoms with E-state index in [0.717, 1.165) is 48.9 Å². The van der Waals surface area contributed by atoms with Gasteiger partial charge in [0, 0.05) is 22.9 Å². The standard InChI is InChI=1S/C20H19ClN4O/c21-20-13(10-22)8-12-2-1-3-17(19(12)25-20)26-14-6-7-16(23)15(9-14)18(24)11-4-5-11/h6-9,11,17,24H,1-5,23H2. The molecule has 2 aromatic rings. The number of hydrogen-bond acceptors (Lipinski definition) is 5. The largest absolute Gasteiger partial charge is 0.484 e. The minimum atomic E-state index is -0.212. The van der Waals surface area contributed by atoms with Gasteiger partial charge < -0.3 is 15.9 Å². The number of nitrogens with zero attached hydrogens (tertiary/aromatic N) is 2. The van der Waals surface area contributed by atoms with Crippen LogP contribution in [-0.2, 0) is 6.42 Å². The number of benzene rings is 1. The molecule has 0 saturated heterocycles. The molecule has 1 unspecified atom stereocenters. The first kappa shape index (κ1) is 16.9. The van der Waals surface area contributed by atoms with Crippen molar-refractivity contribution in [3.63, 3.8) is 0 Å². The lowest BCUT2D eigenvalue weighted by Gasteiger charge is -2.26. The summed E-state index contributed by atoms with van der Waals surface area (Å²) in [7, 11) is 0. The summed E-state index contributed by atoms with van der Waals surface area (Å²) in [4.78, 5) is 4.43. The number of fused-ring (bicyclic) bond motifs is 1. The summed E-state index contributed by atoms with van der Waals surface area (Å²) in [5.74, 6) is 1.01. The molecule has 1 aromatic carbocycles. The van der Waals surface area contributed by atoms with Gasteiger partial charge in [-0.05, 0) is 61.9 Å². The first-order valence-corrected chi connectivity index (χ1v) is 9.19. The number of anilines is 1. The summed E-state index contributed by atoms with van der Waals surface area (Å²) in [5, 5.41) is 17.7. The predicted octanol–water partition coefficient (Wildman–Crippen LogP) is 4.42. The maximum Gasteiger partial charge on any atom is 0.147 e. The van der Waals surface area contributed by atoms with E-state index in [1.54, 1.807) is 6.07 Å². The molecular weight excluding hydrogens is 348 g/mol. The van der Waals surface area contributed by atoms with E-state index < -0.39 is 0 Å². The zero-order valence-corrected chi connectivity index (χ0v) is 15.0. The van der Waals surface area contributed by atoms with Crippen molar-refractivity contribution in [1.82, 2.24) is 4.98 Å². The van der Waals surface area contributed by atoms with E-state index in [2.05, 4.69) is 11.1 Å². The van der Waals surface area contributed by atoms with Crippen LogP contribution in [0.1, 0.15) is 54.2 Å². The Balaban J connectivity index is 1.63. The summed E-state index contributed by atoms with van der Waals surface area (Å²) in [6.45, 7) is 0. The summed E-state index contributed by atoms with van der Waals surface area (Å²) >= 11 is 6.13. The topological polar surface area (TPSA) is 95.8 Å². The van der Waals surface area contributed by atoms with Crippen LogP contribution in [0.2, 0.25) is 5.15 Å². The normalized spacial score (nSPS) is 18.7. The number of rotatable bonds is 4. The van der Waals surface area contributed by atoms with Crippen LogP contribution in [0, 0.1) is 22.7 Å². The number of nitrogen functional groups attached to an aromatic ring is 1. The van der Waals surface area contributed by atoms with E-state index in [1.165, 1.54) is 0 Å². The van der Waals surface area contributed by atoms with Gasteiger partial charge >= 0.3 is 0 Å². The maximum atomic E-state index is 9.14. The highest BCUT2D eigenvalue weighted by Gasteiger charge is 2.29. The van der Waals surface area contributed by atoms with E-state index in [9.17, 15) is 0 Å². The van der Waals surface area contributed by atoms with Crippen LogP contribution < -0.4 is 10.5 Å². The Morgan fingerprint density at radius 1 is 1.31 bits per heavy atom. The molecule has 0 amide bonds. The second-order valence-corrected chi connectivity index (χ2v) is 7.28. The quantitative estimate of drug-likeness (QED) is 0.475. The Hall–Kier alpha value is -2.58. The lowest BCUT2D eigenvalue weighted by atomic mass is 9.92. The highest BCUT2D eigenvalue weighted by Crippen LogP contribution is 2.37. The Labute approximate surface area is 157 Å².